The van der Waals surface area contributed by atoms with Crippen molar-refractivity contribution >= 4 is 12.0 Å². The Hall–Kier alpha value is -1.77. The van der Waals surface area contributed by atoms with Crippen molar-refractivity contribution in [2.75, 3.05) is 13.1 Å². The van der Waals surface area contributed by atoms with Gasteiger partial charge in [0.1, 0.15) is 11.1 Å². The van der Waals surface area contributed by atoms with Gasteiger partial charge in [-0.05, 0) is 52.4 Å². The number of carbonyl (C=O) groups is 2. The number of piperidine rings is 1. The topological polar surface area (TPSA) is 82.4 Å². The van der Waals surface area contributed by atoms with Crippen molar-refractivity contribution in [1.29, 1.82) is 5.26 Å². The summed E-state index contributed by atoms with van der Waals surface area (Å²) in [5.41, 5.74) is -1.40. The Labute approximate surface area is 157 Å². The Morgan fingerprint density at radius 2 is 1.77 bits per heavy atom. The third-order valence-corrected chi connectivity index (χ3v) is 5.64. The number of rotatable bonds is 3. The van der Waals surface area contributed by atoms with E-state index in [0.29, 0.717) is 25.9 Å². The van der Waals surface area contributed by atoms with E-state index in [0.717, 1.165) is 31.6 Å². The fourth-order valence-corrected chi connectivity index (χ4v) is 3.83. The van der Waals surface area contributed by atoms with Gasteiger partial charge >= 0.3 is 6.09 Å². The van der Waals surface area contributed by atoms with Crippen LogP contribution in [0.15, 0.2) is 0 Å². The van der Waals surface area contributed by atoms with Gasteiger partial charge in [-0.1, -0.05) is 13.3 Å². The fraction of sp³-hybridized carbons (Fsp3) is 0.850. The van der Waals surface area contributed by atoms with E-state index < -0.39 is 11.1 Å². The highest BCUT2D eigenvalue weighted by Gasteiger charge is 2.40. The van der Waals surface area contributed by atoms with Crippen molar-refractivity contribution in [3.8, 4) is 6.07 Å². The summed E-state index contributed by atoms with van der Waals surface area (Å²) in [6, 6.07) is 2.30. The predicted octanol–water partition coefficient (Wildman–Crippen LogP) is 3.61. The summed E-state index contributed by atoms with van der Waals surface area (Å²) in [6.45, 7) is 8.55. The van der Waals surface area contributed by atoms with E-state index in [4.69, 9.17) is 4.74 Å². The second kappa shape index (κ2) is 8.28. The molecule has 1 N–H and O–H groups in total. The third kappa shape index (κ3) is 5.36. The average molecular weight is 364 g/mol. The lowest BCUT2D eigenvalue weighted by atomic mass is 9.79. The maximum atomic E-state index is 12.7. The van der Waals surface area contributed by atoms with Crippen molar-refractivity contribution < 1.29 is 14.3 Å². The summed E-state index contributed by atoms with van der Waals surface area (Å²) in [4.78, 5) is 26.5. The molecule has 2 rings (SSSR count). The summed E-state index contributed by atoms with van der Waals surface area (Å²) < 4.78 is 5.39. The van der Waals surface area contributed by atoms with Gasteiger partial charge in [-0.2, -0.15) is 5.26 Å². The monoisotopic (exact) mass is 363 g/mol. The van der Waals surface area contributed by atoms with Crippen molar-refractivity contribution in [1.82, 2.24) is 10.2 Å². The van der Waals surface area contributed by atoms with Gasteiger partial charge in [0.2, 0.25) is 5.91 Å². The molecule has 0 bridgehead atoms. The number of carbonyl (C=O) groups excluding carboxylic acids is 2. The SMILES string of the molecule is CCC1CCC(C(=O)NC2(C#N)CCN(C(=O)OC(C)(C)C)CC2)CC1. The fourth-order valence-electron chi connectivity index (χ4n) is 3.83. The molecule has 0 unspecified atom stereocenters. The maximum absolute atomic E-state index is 12.7. The van der Waals surface area contributed by atoms with Crippen LogP contribution >= 0.6 is 0 Å². The molecule has 1 aliphatic carbocycles. The van der Waals surface area contributed by atoms with Crippen LogP contribution in [0.3, 0.4) is 0 Å². The van der Waals surface area contributed by atoms with E-state index in [1.165, 1.54) is 6.42 Å². The smallest absolute Gasteiger partial charge is 0.410 e. The Kier molecular flexibility index (Phi) is 6.54. The van der Waals surface area contributed by atoms with Crippen LogP contribution in [0.4, 0.5) is 4.79 Å². The van der Waals surface area contributed by atoms with Crippen LogP contribution in [0.2, 0.25) is 0 Å². The molecule has 6 heteroatoms. The molecule has 0 atom stereocenters. The van der Waals surface area contributed by atoms with Gasteiger partial charge in [-0.15, -0.1) is 0 Å². The highest BCUT2D eigenvalue weighted by Crippen LogP contribution is 2.32. The van der Waals surface area contributed by atoms with Crippen LogP contribution < -0.4 is 5.32 Å². The molecule has 1 saturated carbocycles. The minimum atomic E-state index is -0.864. The van der Waals surface area contributed by atoms with Gasteiger partial charge in [0, 0.05) is 31.8 Å². The summed E-state index contributed by atoms with van der Waals surface area (Å²) in [5.74, 6) is 0.764. The zero-order valence-electron chi connectivity index (χ0n) is 16.6. The number of hydrogen-bond donors (Lipinski definition) is 1. The number of ether oxygens (including phenoxy) is 1. The van der Waals surface area contributed by atoms with Gasteiger partial charge in [0.25, 0.3) is 0 Å². The van der Waals surface area contributed by atoms with E-state index >= 15 is 0 Å². The second-order valence-electron chi connectivity index (χ2n) is 8.78. The molecule has 1 heterocycles. The number of hydrogen-bond acceptors (Lipinski definition) is 4. The summed E-state index contributed by atoms with van der Waals surface area (Å²) in [6.07, 6.45) is 5.73. The molecule has 26 heavy (non-hydrogen) atoms. The van der Waals surface area contributed by atoms with Crippen LogP contribution in [0.1, 0.15) is 72.6 Å². The zero-order chi connectivity index (χ0) is 19.4. The number of amides is 2. The van der Waals surface area contributed by atoms with Gasteiger partial charge in [0.15, 0.2) is 0 Å². The summed E-state index contributed by atoms with van der Waals surface area (Å²) in [7, 11) is 0. The summed E-state index contributed by atoms with van der Waals surface area (Å²) >= 11 is 0. The number of nitrogens with one attached hydrogen (secondary N) is 1. The number of likely N-dealkylation sites (tertiary alicyclic amines) is 1. The Morgan fingerprint density at radius 1 is 1.19 bits per heavy atom. The first-order valence-corrected chi connectivity index (χ1v) is 9.89. The minimum Gasteiger partial charge on any atom is -0.444 e. The molecule has 2 aliphatic rings. The Balaban J connectivity index is 1.88. The van der Waals surface area contributed by atoms with Gasteiger partial charge in [0.05, 0.1) is 6.07 Å². The molecule has 0 aromatic heterocycles. The minimum absolute atomic E-state index is 0.00632. The number of nitriles is 1. The Morgan fingerprint density at radius 3 is 2.23 bits per heavy atom. The van der Waals surface area contributed by atoms with Crippen LogP contribution in [-0.2, 0) is 9.53 Å². The lowest BCUT2D eigenvalue weighted by molar-refractivity contribution is -0.128. The van der Waals surface area contributed by atoms with E-state index in [2.05, 4.69) is 18.3 Å². The second-order valence-corrected chi connectivity index (χ2v) is 8.78. The first-order valence-electron chi connectivity index (χ1n) is 9.89. The molecule has 0 radical (unpaired) electrons. The van der Waals surface area contributed by atoms with Crippen LogP contribution in [0.25, 0.3) is 0 Å². The average Bonchev–Trinajstić information content (AvgIpc) is 2.60. The van der Waals surface area contributed by atoms with Gasteiger partial charge < -0.3 is 15.0 Å². The van der Waals surface area contributed by atoms with Crippen LogP contribution in [-0.4, -0.2) is 41.1 Å². The zero-order valence-corrected chi connectivity index (χ0v) is 16.6. The van der Waals surface area contributed by atoms with Gasteiger partial charge in [-0.25, -0.2) is 4.79 Å². The molecule has 146 valence electrons. The highest BCUT2D eigenvalue weighted by atomic mass is 16.6. The standard InChI is InChI=1S/C20H33N3O3/c1-5-15-6-8-16(9-7-15)17(24)22-20(14-21)10-12-23(13-11-20)18(25)26-19(2,3)4/h15-16H,5-13H2,1-4H3,(H,22,24). The molecular formula is C20H33N3O3. The molecule has 1 aliphatic heterocycles. The number of nitrogens with zero attached hydrogens (tertiary/aromatic N) is 2. The molecule has 0 aromatic rings. The third-order valence-electron chi connectivity index (χ3n) is 5.64. The quantitative estimate of drug-likeness (QED) is 0.830. The molecule has 2 fully saturated rings. The van der Waals surface area contributed by atoms with E-state index in [9.17, 15) is 14.9 Å². The lowest BCUT2D eigenvalue weighted by Crippen LogP contribution is -2.57. The molecule has 0 aromatic carbocycles. The van der Waals surface area contributed by atoms with Crippen molar-refractivity contribution in [2.45, 2.75) is 83.8 Å². The summed E-state index contributed by atoms with van der Waals surface area (Å²) in [5, 5.41) is 12.7. The first kappa shape index (κ1) is 20.5. The van der Waals surface area contributed by atoms with E-state index in [-0.39, 0.29) is 17.9 Å². The van der Waals surface area contributed by atoms with Crippen molar-refractivity contribution in [3.05, 3.63) is 0 Å². The van der Waals surface area contributed by atoms with Crippen molar-refractivity contribution in [2.24, 2.45) is 11.8 Å². The van der Waals surface area contributed by atoms with E-state index in [1.54, 1.807) is 4.90 Å². The molecule has 2 amide bonds. The predicted molar refractivity (Wildman–Crippen MR) is 99.3 cm³/mol. The van der Waals surface area contributed by atoms with Gasteiger partial charge in [-0.3, -0.25) is 4.79 Å². The van der Waals surface area contributed by atoms with Crippen LogP contribution in [0.5, 0.6) is 0 Å². The maximum Gasteiger partial charge on any atom is 0.410 e. The first-order chi connectivity index (χ1) is 12.2. The highest BCUT2D eigenvalue weighted by molar-refractivity contribution is 5.80. The molecule has 1 saturated heterocycles. The largest absolute Gasteiger partial charge is 0.444 e. The molecular weight excluding hydrogens is 330 g/mol. The Bertz CT molecular complexity index is 546. The van der Waals surface area contributed by atoms with E-state index in [1.807, 2.05) is 20.8 Å². The molecule has 6 nitrogen and oxygen atoms in total. The molecule has 0 spiro atoms. The van der Waals surface area contributed by atoms with Crippen molar-refractivity contribution in [3.63, 3.8) is 0 Å². The lowest BCUT2D eigenvalue weighted by Gasteiger charge is -2.39. The van der Waals surface area contributed by atoms with Crippen LogP contribution in [0, 0.1) is 23.2 Å². The normalized spacial score (nSPS) is 25.9.